The van der Waals surface area contributed by atoms with Crippen LogP contribution < -0.4 is 10.5 Å². The summed E-state index contributed by atoms with van der Waals surface area (Å²) < 4.78 is 6.11. The molecule has 3 heteroatoms. The van der Waals surface area contributed by atoms with Gasteiger partial charge in [-0.2, -0.15) is 0 Å². The number of hydrogen-bond donors (Lipinski definition) is 1. The predicted molar refractivity (Wildman–Crippen MR) is 64.8 cm³/mol. The van der Waals surface area contributed by atoms with Crippen molar-refractivity contribution in [1.29, 1.82) is 0 Å². The molecule has 0 radical (unpaired) electrons. The summed E-state index contributed by atoms with van der Waals surface area (Å²) in [5, 5.41) is 0.732. The van der Waals surface area contributed by atoms with Crippen LogP contribution in [0.15, 0.2) is 18.2 Å². The third kappa shape index (κ3) is 1.52. The molecule has 0 unspecified atom stereocenters. The Labute approximate surface area is 101 Å². The van der Waals surface area contributed by atoms with Crippen LogP contribution in [0.25, 0.3) is 0 Å². The molecular formula is C13H16ClNO. The van der Waals surface area contributed by atoms with Gasteiger partial charge in [-0.05, 0) is 37.0 Å². The van der Waals surface area contributed by atoms with Gasteiger partial charge in [-0.3, -0.25) is 0 Å². The Morgan fingerprint density at radius 1 is 1.38 bits per heavy atom. The van der Waals surface area contributed by atoms with E-state index in [1.165, 1.54) is 0 Å². The van der Waals surface area contributed by atoms with Gasteiger partial charge in [0.25, 0.3) is 0 Å². The lowest BCUT2D eigenvalue weighted by atomic mass is 9.67. The van der Waals surface area contributed by atoms with E-state index in [0.29, 0.717) is 0 Å². The lowest BCUT2D eigenvalue weighted by Crippen LogP contribution is -2.52. The molecule has 0 amide bonds. The quantitative estimate of drug-likeness (QED) is 0.752. The van der Waals surface area contributed by atoms with Crippen molar-refractivity contribution in [3.63, 3.8) is 0 Å². The van der Waals surface area contributed by atoms with Crippen molar-refractivity contribution in [2.45, 2.75) is 37.8 Å². The van der Waals surface area contributed by atoms with E-state index in [2.05, 4.69) is 6.92 Å². The highest BCUT2D eigenvalue weighted by atomic mass is 35.5. The van der Waals surface area contributed by atoms with Crippen LogP contribution >= 0.6 is 11.6 Å². The minimum absolute atomic E-state index is 0.0136. The van der Waals surface area contributed by atoms with Crippen LogP contribution in [-0.2, 0) is 0 Å². The standard InChI is InChI=1S/C13H16ClNO/c1-8-5-13(6-8)7-11(15)10-4-9(14)2-3-12(10)16-13/h2-4,8,11H,5-7,15H2,1H3/t8?,11-,13?/m0/s1. The zero-order valence-electron chi connectivity index (χ0n) is 9.37. The molecule has 0 aromatic heterocycles. The molecule has 1 aliphatic heterocycles. The lowest BCUT2D eigenvalue weighted by molar-refractivity contribution is -0.0657. The van der Waals surface area contributed by atoms with E-state index in [0.717, 1.165) is 41.5 Å². The normalized spacial score (nSPS) is 36.4. The van der Waals surface area contributed by atoms with Crippen molar-refractivity contribution in [3.05, 3.63) is 28.8 Å². The first kappa shape index (κ1) is 10.4. The smallest absolute Gasteiger partial charge is 0.125 e. The van der Waals surface area contributed by atoms with E-state index in [-0.39, 0.29) is 11.6 Å². The van der Waals surface area contributed by atoms with Crippen LogP contribution in [0.3, 0.4) is 0 Å². The molecule has 2 N–H and O–H groups in total. The fraction of sp³-hybridized carbons (Fsp3) is 0.538. The number of hydrogen-bond acceptors (Lipinski definition) is 2. The second kappa shape index (κ2) is 3.38. The highest BCUT2D eigenvalue weighted by molar-refractivity contribution is 6.30. The average Bonchev–Trinajstić information content (AvgIpc) is 2.17. The Morgan fingerprint density at radius 3 is 2.81 bits per heavy atom. The zero-order chi connectivity index (χ0) is 11.3. The van der Waals surface area contributed by atoms with E-state index in [1.807, 2.05) is 18.2 Å². The summed E-state index contributed by atoms with van der Waals surface area (Å²) >= 11 is 5.97. The van der Waals surface area contributed by atoms with Crippen molar-refractivity contribution in [3.8, 4) is 5.75 Å². The Bertz CT molecular complexity index is 426. The first-order chi connectivity index (χ1) is 7.58. The zero-order valence-corrected chi connectivity index (χ0v) is 10.1. The molecule has 1 spiro atoms. The molecule has 1 saturated carbocycles. The first-order valence-corrected chi connectivity index (χ1v) is 6.20. The summed E-state index contributed by atoms with van der Waals surface area (Å²) in [5.41, 5.74) is 7.27. The van der Waals surface area contributed by atoms with Gasteiger partial charge in [-0.15, -0.1) is 0 Å². The number of rotatable bonds is 0. The van der Waals surface area contributed by atoms with E-state index < -0.39 is 0 Å². The summed E-state index contributed by atoms with van der Waals surface area (Å²) in [6, 6.07) is 5.81. The van der Waals surface area contributed by atoms with Crippen LogP contribution in [0.1, 0.15) is 37.8 Å². The molecule has 0 bridgehead atoms. The first-order valence-electron chi connectivity index (χ1n) is 5.82. The minimum Gasteiger partial charge on any atom is -0.487 e. The molecule has 2 aliphatic rings. The number of benzene rings is 1. The monoisotopic (exact) mass is 237 g/mol. The van der Waals surface area contributed by atoms with Crippen LogP contribution in [0, 0.1) is 5.92 Å². The summed E-state index contributed by atoms with van der Waals surface area (Å²) in [4.78, 5) is 0. The van der Waals surface area contributed by atoms with Crippen molar-refractivity contribution >= 4 is 11.6 Å². The van der Waals surface area contributed by atoms with Gasteiger partial charge in [-0.1, -0.05) is 18.5 Å². The van der Waals surface area contributed by atoms with Crippen molar-refractivity contribution in [2.24, 2.45) is 11.7 Å². The van der Waals surface area contributed by atoms with Gasteiger partial charge >= 0.3 is 0 Å². The molecule has 1 aromatic carbocycles. The molecule has 3 rings (SSSR count). The molecule has 1 aromatic rings. The highest BCUT2D eigenvalue weighted by Crippen LogP contribution is 2.50. The number of ether oxygens (including phenoxy) is 1. The Balaban J connectivity index is 1.94. The maximum absolute atomic E-state index is 6.21. The fourth-order valence-electron chi connectivity index (χ4n) is 3.15. The molecule has 0 saturated heterocycles. The van der Waals surface area contributed by atoms with Gasteiger partial charge in [0, 0.05) is 23.0 Å². The summed E-state index contributed by atoms with van der Waals surface area (Å²) in [6.07, 6.45) is 3.18. The van der Waals surface area contributed by atoms with E-state index in [4.69, 9.17) is 22.1 Å². The molecule has 1 fully saturated rings. The largest absolute Gasteiger partial charge is 0.487 e. The Hall–Kier alpha value is -0.730. The van der Waals surface area contributed by atoms with E-state index in [1.54, 1.807) is 0 Å². The molecule has 1 atom stereocenters. The summed E-state index contributed by atoms with van der Waals surface area (Å²) in [7, 11) is 0. The van der Waals surface area contributed by atoms with E-state index in [9.17, 15) is 0 Å². The van der Waals surface area contributed by atoms with Crippen molar-refractivity contribution < 1.29 is 4.74 Å². The van der Waals surface area contributed by atoms with Crippen molar-refractivity contribution in [2.75, 3.05) is 0 Å². The molecule has 1 heterocycles. The molecule has 1 aliphatic carbocycles. The second-order valence-corrected chi connectivity index (χ2v) is 5.73. The van der Waals surface area contributed by atoms with Gasteiger partial charge in [0.15, 0.2) is 0 Å². The van der Waals surface area contributed by atoms with Crippen LogP contribution in [0.4, 0.5) is 0 Å². The van der Waals surface area contributed by atoms with Gasteiger partial charge in [0.05, 0.1) is 0 Å². The third-order valence-corrected chi connectivity index (χ3v) is 3.97. The summed E-state index contributed by atoms with van der Waals surface area (Å²) in [6.45, 7) is 2.26. The third-order valence-electron chi connectivity index (χ3n) is 3.73. The van der Waals surface area contributed by atoms with Crippen LogP contribution in [0.5, 0.6) is 5.75 Å². The SMILES string of the molecule is CC1CC2(C1)C[C@H](N)c1cc(Cl)ccc1O2. The maximum atomic E-state index is 6.21. The number of nitrogens with two attached hydrogens (primary N) is 1. The van der Waals surface area contributed by atoms with Crippen molar-refractivity contribution in [1.82, 2.24) is 0 Å². The number of halogens is 1. The Morgan fingerprint density at radius 2 is 2.12 bits per heavy atom. The molecule has 2 nitrogen and oxygen atoms in total. The van der Waals surface area contributed by atoms with Gasteiger partial charge in [0.1, 0.15) is 11.4 Å². The average molecular weight is 238 g/mol. The molecule has 16 heavy (non-hydrogen) atoms. The predicted octanol–water partition coefficient (Wildman–Crippen LogP) is 3.29. The second-order valence-electron chi connectivity index (χ2n) is 5.29. The minimum atomic E-state index is 0.0136. The van der Waals surface area contributed by atoms with Crippen LogP contribution in [0.2, 0.25) is 5.02 Å². The van der Waals surface area contributed by atoms with Crippen LogP contribution in [-0.4, -0.2) is 5.60 Å². The molecule has 86 valence electrons. The van der Waals surface area contributed by atoms with Gasteiger partial charge < -0.3 is 10.5 Å². The lowest BCUT2D eigenvalue weighted by Gasteiger charge is -2.50. The topological polar surface area (TPSA) is 35.2 Å². The summed E-state index contributed by atoms with van der Waals surface area (Å²) in [5.74, 6) is 1.69. The highest BCUT2D eigenvalue weighted by Gasteiger charge is 2.48. The maximum Gasteiger partial charge on any atom is 0.125 e. The Kier molecular flexibility index (Phi) is 2.20. The molecular weight excluding hydrogens is 222 g/mol. The van der Waals surface area contributed by atoms with Gasteiger partial charge in [-0.25, -0.2) is 0 Å². The van der Waals surface area contributed by atoms with E-state index >= 15 is 0 Å². The number of fused-ring (bicyclic) bond motifs is 1. The fourth-order valence-corrected chi connectivity index (χ4v) is 3.33. The van der Waals surface area contributed by atoms with Gasteiger partial charge in [0.2, 0.25) is 0 Å².